The number of nitrogens with zero attached hydrogens (tertiary/aromatic N) is 1. The Morgan fingerprint density at radius 1 is 1.09 bits per heavy atom. The molecule has 0 saturated carbocycles. The summed E-state index contributed by atoms with van der Waals surface area (Å²) in [5.41, 5.74) is -0.776. The van der Waals surface area contributed by atoms with Crippen molar-refractivity contribution in [2.24, 2.45) is 0 Å². The van der Waals surface area contributed by atoms with Gasteiger partial charge in [-0.05, 0) is 18.2 Å². The Balaban J connectivity index is 1.88. The summed E-state index contributed by atoms with van der Waals surface area (Å²) in [6.07, 6.45) is -0.919. The number of hydrogen-bond acceptors (Lipinski definition) is 6. The first-order chi connectivity index (χ1) is 15.5. The van der Waals surface area contributed by atoms with Crippen LogP contribution < -0.4 is 5.32 Å². The number of amides is 1. The van der Waals surface area contributed by atoms with Gasteiger partial charge in [-0.1, -0.05) is 0 Å². The van der Waals surface area contributed by atoms with Gasteiger partial charge in [0.1, 0.15) is 16.8 Å². The number of halogens is 4. The van der Waals surface area contributed by atoms with Gasteiger partial charge in [0, 0.05) is 36.9 Å². The molecule has 1 N–H and O–H groups in total. The van der Waals surface area contributed by atoms with E-state index in [9.17, 15) is 35.6 Å². The minimum Gasteiger partial charge on any atom is -0.459 e. The van der Waals surface area contributed by atoms with E-state index >= 15 is 0 Å². The van der Waals surface area contributed by atoms with Crippen LogP contribution in [-0.4, -0.2) is 57.0 Å². The van der Waals surface area contributed by atoms with Gasteiger partial charge in [0.2, 0.25) is 10.0 Å². The number of nitrogens with one attached hydrogen (secondary N) is 1. The van der Waals surface area contributed by atoms with E-state index in [4.69, 9.17) is 9.47 Å². The molecule has 0 aliphatic carbocycles. The predicted molar refractivity (Wildman–Crippen MR) is 106 cm³/mol. The van der Waals surface area contributed by atoms with E-state index in [1.807, 2.05) is 0 Å². The van der Waals surface area contributed by atoms with E-state index in [0.717, 1.165) is 29.4 Å². The second-order valence-electron chi connectivity index (χ2n) is 7.02. The third-order valence-electron chi connectivity index (χ3n) is 4.58. The predicted octanol–water partition coefficient (Wildman–Crippen LogP) is 2.45. The maximum Gasteiger partial charge on any atom is 0.303 e. The molecule has 1 saturated heterocycles. The van der Waals surface area contributed by atoms with Gasteiger partial charge < -0.3 is 14.8 Å². The van der Waals surface area contributed by atoms with Gasteiger partial charge in [-0.15, -0.1) is 0 Å². The highest BCUT2D eigenvalue weighted by atomic mass is 32.2. The Labute approximate surface area is 186 Å². The molecule has 0 aromatic heterocycles. The molecule has 8 nitrogen and oxygen atoms in total. The molecule has 1 atom stereocenters. The summed E-state index contributed by atoms with van der Waals surface area (Å²) in [5.74, 6) is -7.64. The van der Waals surface area contributed by atoms with Gasteiger partial charge >= 0.3 is 5.97 Å². The van der Waals surface area contributed by atoms with Crippen molar-refractivity contribution in [3.63, 3.8) is 0 Å². The molecule has 1 heterocycles. The molecule has 0 bridgehead atoms. The van der Waals surface area contributed by atoms with Crippen LogP contribution in [0.1, 0.15) is 17.3 Å². The third-order valence-corrected chi connectivity index (χ3v) is 6.46. The van der Waals surface area contributed by atoms with Gasteiger partial charge in [-0.2, -0.15) is 4.31 Å². The second kappa shape index (κ2) is 9.85. The monoisotopic (exact) mass is 490 g/mol. The Kier molecular flexibility index (Phi) is 7.34. The Hall–Kier alpha value is -3.03. The van der Waals surface area contributed by atoms with Crippen LogP contribution in [0, 0.1) is 23.3 Å². The number of sulfonamides is 1. The van der Waals surface area contributed by atoms with E-state index < -0.39 is 61.9 Å². The van der Waals surface area contributed by atoms with Crippen LogP contribution >= 0.6 is 0 Å². The fourth-order valence-corrected chi connectivity index (χ4v) is 4.63. The zero-order valence-electron chi connectivity index (χ0n) is 17.1. The van der Waals surface area contributed by atoms with Crippen molar-refractivity contribution in [1.82, 2.24) is 4.31 Å². The highest BCUT2D eigenvalue weighted by Gasteiger charge is 2.33. The first-order valence-electron chi connectivity index (χ1n) is 9.49. The normalized spacial score (nSPS) is 17.3. The highest BCUT2D eigenvalue weighted by molar-refractivity contribution is 7.89. The van der Waals surface area contributed by atoms with Gasteiger partial charge in [-0.3, -0.25) is 9.59 Å². The molecule has 33 heavy (non-hydrogen) atoms. The number of esters is 1. The molecular formula is C20H18F4N2O6S. The van der Waals surface area contributed by atoms with E-state index in [2.05, 4.69) is 5.32 Å². The average molecular weight is 490 g/mol. The average Bonchev–Trinajstić information content (AvgIpc) is 2.97. The molecule has 2 aromatic carbocycles. The summed E-state index contributed by atoms with van der Waals surface area (Å²) in [6, 6.07) is 3.52. The molecule has 0 spiro atoms. The van der Waals surface area contributed by atoms with Crippen molar-refractivity contribution in [3.05, 3.63) is 59.2 Å². The van der Waals surface area contributed by atoms with Crippen molar-refractivity contribution in [2.45, 2.75) is 17.9 Å². The standard InChI is InChI=1S/C20H18F4N2O6S/c1-11(27)32-14-9-26(4-5-31-10-14)33(29,30)18-6-12(2-3-15(18)21)20(28)25-13-7-16(22)19(24)17(23)8-13/h2-3,6-8,14H,4-5,9-10H2,1H3,(H,25,28). The summed E-state index contributed by atoms with van der Waals surface area (Å²) < 4.78 is 91.5. The first kappa shape index (κ1) is 24.6. The Morgan fingerprint density at radius 3 is 2.39 bits per heavy atom. The number of benzene rings is 2. The number of ether oxygens (including phenoxy) is 2. The Morgan fingerprint density at radius 2 is 1.76 bits per heavy atom. The van der Waals surface area contributed by atoms with E-state index in [-0.39, 0.29) is 31.9 Å². The van der Waals surface area contributed by atoms with Gasteiger partial charge in [0.25, 0.3) is 5.91 Å². The minimum absolute atomic E-state index is 0.0412. The molecule has 1 fully saturated rings. The number of carbonyl (C=O) groups is 2. The van der Waals surface area contributed by atoms with Gasteiger partial charge in [-0.25, -0.2) is 26.0 Å². The van der Waals surface area contributed by atoms with Crippen LogP contribution in [0.15, 0.2) is 35.2 Å². The zero-order chi connectivity index (χ0) is 24.3. The van der Waals surface area contributed by atoms with Crippen LogP contribution in [0.25, 0.3) is 0 Å². The van der Waals surface area contributed by atoms with Crippen molar-refractivity contribution < 1.29 is 45.0 Å². The van der Waals surface area contributed by atoms with Gasteiger partial charge in [0.15, 0.2) is 17.5 Å². The number of rotatable bonds is 5. The van der Waals surface area contributed by atoms with E-state index in [1.165, 1.54) is 0 Å². The molecule has 1 amide bonds. The largest absolute Gasteiger partial charge is 0.459 e. The van der Waals surface area contributed by atoms with Crippen LogP contribution in [0.2, 0.25) is 0 Å². The zero-order valence-corrected chi connectivity index (χ0v) is 17.9. The SMILES string of the molecule is CC(=O)OC1COCCN(S(=O)(=O)c2cc(C(=O)Nc3cc(F)c(F)c(F)c3)ccc2F)C1. The molecule has 1 unspecified atom stereocenters. The van der Waals surface area contributed by atoms with Gasteiger partial charge in [0.05, 0.1) is 19.8 Å². The maximum atomic E-state index is 14.5. The lowest BCUT2D eigenvalue weighted by molar-refractivity contribution is -0.148. The first-order valence-corrected chi connectivity index (χ1v) is 10.9. The number of anilines is 1. The second-order valence-corrected chi connectivity index (χ2v) is 8.93. The molecule has 3 rings (SSSR count). The Bertz CT molecular complexity index is 1170. The van der Waals surface area contributed by atoms with Crippen LogP contribution in [0.4, 0.5) is 23.2 Å². The molecule has 1 aliphatic heterocycles. The smallest absolute Gasteiger partial charge is 0.303 e. The molecule has 2 aromatic rings. The molecule has 178 valence electrons. The fraction of sp³-hybridized carbons (Fsp3) is 0.300. The van der Waals surface area contributed by atoms with E-state index in [1.54, 1.807) is 0 Å². The van der Waals surface area contributed by atoms with E-state index in [0.29, 0.717) is 12.1 Å². The quantitative estimate of drug-likeness (QED) is 0.393. The van der Waals surface area contributed by atoms with Crippen LogP contribution in [0.5, 0.6) is 0 Å². The fourth-order valence-electron chi connectivity index (χ4n) is 3.09. The van der Waals surface area contributed by atoms with Crippen molar-refractivity contribution >= 4 is 27.6 Å². The molecular weight excluding hydrogens is 472 g/mol. The van der Waals surface area contributed by atoms with Crippen molar-refractivity contribution in [2.75, 3.05) is 31.6 Å². The lowest BCUT2D eigenvalue weighted by Gasteiger charge is -2.23. The number of hydrogen-bond donors (Lipinski definition) is 1. The molecule has 13 heteroatoms. The lowest BCUT2D eigenvalue weighted by atomic mass is 10.2. The summed E-state index contributed by atoms with van der Waals surface area (Å²) in [5, 5.41) is 2.09. The summed E-state index contributed by atoms with van der Waals surface area (Å²) >= 11 is 0. The minimum atomic E-state index is -4.50. The van der Waals surface area contributed by atoms with Crippen molar-refractivity contribution in [3.8, 4) is 0 Å². The summed E-state index contributed by atoms with van der Waals surface area (Å²) in [7, 11) is -4.50. The van der Waals surface area contributed by atoms with Crippen LogP contribution in [0.3, 0.4) is 0 Å². The maximum absolute atomic E-state index is 14.5. The topological polar surface area (TPSA) is 102 Å². The van der Waals surface area contributed by atoms with Crippen LogP contribution in [-0.2, 0) is 24.3 Å². The highest BCUT2D eigenvalue weighted by Crippen LogP contribution is 2.24. The molecule has 1 aliphatic rings. The third kappa shape index (κ3) is 5.67. The van der Waals surface area contributed by atoms with Crippen molar-refractivity contribution in [1.29, 1.82) is 0 Å². The lowest BCUT2D eigenvalue weighted by Crippen LogP contribution is -2.39. The molecule has 0 radical (unpaired) electrons. The summed E-state index contributed by atoms with van der Waals surface area (Å²) in [6.45, 7) is 0.585. The summed E-state index contributed by atoms with van der Waals surface area (Å²) in [4.78, 5) is 22.8. The number of carbonyl (C=O) groups excluding carboxylic acids is 2.